The second-order valence-electron chi connectivity index (χ2n) is 6.19. The smallest absolute Gasteiger partial charge is 0.319 e. The number of hydrogen-bond acceptors (Lipinski definition) is 3. The SMILES string of the molecule is CCNC(=O)Nc1cccc(-c2cnc3cc(-c4ccnn4C)ccn23)c1. The topological polar surface area (TPSA) is 76.2 Å². The van der Waals surface area contributed by atoms with Gasteiger partial charge < -0.3 is 10.6 Å². The summed E-state index contributed by atoms with van der Waals surface area (Å²) >= 11 is 0. The van der Waals surface area contributed by atoms with Crippen molar-refractivity contribution in [2.75, 3.05) is 11.9 Å². The monoisotopic (exact) mass is 360 g/mol. The summed E-state index contributed by atoms with van der Waals surface area (Å²) in [6.07, 6.45) is 5.63. The molecule has 2 amide bonds. The second kappa shape index (κ2) is 6.95. The van der Waals surface area contributed by atoms with Gasteiger partial charge in [0.25, 0.3) is 0 Å². The zero-order valence-electron chi connectivity index (χ0n) is 15.2. The number of aromatic nitrogens is 4. The summed E-state index contributed by atoms with van der Waals surface area (Å²) in [6.45, 7) is 2.46. The predicted octanol–water partition coefficient (Wildman–Crippen LogP) is 3.54. The molecular weight excluding hydrogens is 340 g/mol. The van der Waals surface area contributed by atoms with Crippen molar-refractivity contribution >= 4 is 17.4 Å². The summed E-state index contributed by atoms with van der Waals surface area (Å²) in [6, 6.07) is 13.6. The molecule has 7 heteroatoms. The van der Waals surface area contributed by atoms with E-state index in [2.05, 4.69) is 20.7 Å². The van der Waals surface area contributed by atoms with E-state index >= 15 is 0 Å². The number of nitrogens with one attached hydrogen (secondary N) is 2. The van der Waals surface area contributed by atoms with Crippen LogP contribution in [0.4, 0.5) is 10.5 Å². The first-order chi connectivity index (χ1) is 13.2. The summed E-state index contributed by atoms with van der Waals surface area (Å²) in [5, 5.41) is 9.79. The van der Waals surface area contributed by atoms with Gasteiger partial charge in [0.05, 0.1) is 17.6 Å². The molecule has 3 aromatic heterocycles. The number of carbonyl (C=O) groups is 1. The molecule has 136 valence electrons. The summed E-state index contributed by atoms with van der Waals surface area (Å²) in [5.74, 6) is 0. The molecule has 0 spiro atoms. The van der Waals surface area contributed by atoms with E-state index in [1.54, 1.807) is 6.20 Å². The van der Waals surface area contributed by atoms with Crippen LogP contribution in [0, 0.1) is 0 Å². The van der Waals surface area contributed by atoms with Gasteiger partial charge >= 0.3 is 6.03 Å². The maximum Gasteiger partial charge on any atom is 0.319 e. The molecule has 4 aromatic rings. The number of aryl methyl sites for hydroxylation is 1. The molecule has 0 fully saturated rings. The zero-order chi connectivity index (χ0) is 18.8. The average molecular weight is 360 g/mol. The third-order valence-electron chi connectivity index (χ3n) is 4.38. The molecule has 7 nitrogen and oxygen atoms in total. The van der Waals surface area contributed by atoms with Gasteiger partial charge in [0, 0.05) is 42.8 Å². The van der Waals surface area contributed by atoms with E-state index in [4.69, 9.17) is 0 Å². The number of imidazole rings is 1. The van der Waals surface area contributed by atoms with Gasteiger partial charge in [0.1, 0.15) is 5.65 Å². The number of anilines is 1. The van der Waals surface area contributed by atoms with Gasteiger partial charge in [-0.1, -0.05) is 12.1 Å². The first-order valence-electron chi connectivity index (χ1n) is 8.76. The van der Waals surface area contributed by atoms with Crippen molar-refractivity contribution in [2.24, 2.45) is 7.05 Å². The summed E-state index contributed by atoms with van der Waals surface area (Å²) in [7, 11) is 1.92. The number of nitrogens with zero attached hydrogens (tertiary/aromatic N) is 4. The van der Waals surface area contributed by atoms with E-state index in [0.29, 0.717) is 6.54 Å². The molecule has 2 N–H and O–H groups in total. The Hall–Kier alpha value is -3.61. The first-order valence-corrected chi connectivity index (χ1v) is 8.76. The zero-order valence-corrected chi connectivity index (χ0v) is 15.2. The highest BCUT2D eigenvalue weighted by Crippen LogP contribution is 2.26. The van der Waals surface area contributed by atoms with Crippen LogP contribution >= 0.6 is 0 Å². The Labute approximate surface area is 156 Å². The van der Waals surface area contributed by atoms with Crippen LogP contribution in [0.25, 0.3) is 28.2 Å². The standard InChI is InChI=1S/C20H20N6O/c1-3-21-20(27)24-16-6-4-5-14(11-16)18-13-22-19-12-15(8-10-26(18)19)17-7-9-23-25(17)2/h4-13H,3H2,1-2H3,(H2,21,24,27). The van der Waals surface area contributed by atoms with E-state index in [9.17, 15) is 4.79 Å². The van der Waals surface area contributed by atoms with Crippen molar-refractivity contribution in [2.45, 2.75) is 6.92 Å². The maximum atomic E-state index is 11.8. The van der Waals surface area contributed by atoms with E-state index in [1.807, 2.05) is 77.9 Å². The quantitative estimate of drug-likeness (QED) is 0.584. The third-order valence-corrected chi connectivity index (χ3v) is 4.38. The number of carbonyl (C=O) groups excluding carboxylic acids is 1. The molecule has 0 bridgehead atoms. The van der Waals surface area contributed by atoms with Gasteiger partial charge in [0.2, 0.25) is 0 Å². The average Bonchev–Trinajstić information content (AvgIpc) is 3.27. The molecule has 3 heterocycles. The molecule has 4 rings (SSSR count). The van der Waals surface area contributed by atoms with Crippen molar-refractivity contribution in [3.05, 3.63) is 61.1 Å². The van der Waals surface area contributed by atoms with Gasteiger partial charge in [-0.2, -0.15) is 5.10 Å². The molecular formula is C20H20N6O. The Balaban J connectivity index is 1.68. The van der Waals surface area contributed by atoms with E-state index in [1.165, 1.54) is 0 Å². The lowest BCUT2D eigenvalue weighted by Crippen LogP contribution is -2.28. The fourth-order valence-corrected chi connectivity index (χ4v) is 3.10. The second-order valence-corrected chi connectivity index (χ2v) is 6.19. The highest BCUT2D eigenvalue weighted by molar-refractivity contribution is 5.90. The minimum absolute atomic E-state index is 0.214. The van der Waals surface area contributed by atoms with E-state index < -0.39 is 0 Å². The lowest BCUT2D eigenvalue weighted by molar-refractivity contribution is 0.252. The van der Waals surface area contributed by atoms with Crippen LogP contribution < -0.4 is 10.6 Å². The Bertz CT molecular complexity index is 1110. The minimum atomic E-state index is -0.214. The molecule has 0 radical (unpaired) electrons. The highest BCUT2D eigenvalue weighted by Gasteiger charge is 2.10. The fraction of sp³-hybridized carbons (Fsp3) is 0.150. The van der Waals surface area contributed by atoms with Crippen LogP contribution in [0.2, 0.25) is 0 Å². The summed E-state index contributed by atoms with van der Waals surface area (Å²) in [4.78, 5) is 16.3. The van der Waals surface area contributed by atoms with Crippen LogP contribution in [0.1, 0.15) is 6.92 Å². The van der Waals surface area contributed by atoms with Crippen LogP contribution in [0.5, 0.6) is 0 Å². The molecule has 0 saturated heterocycles. The molecule has 0 unspecified atom stereocenters. The first kappa shape index (κ1) is 16.8. The Morgan fingerprint density at radius 1 is 1.11 bits per heavy atom. The molecule has 0 aliphatic heterocycles. The van der Waals surface area contributed by atoms with E-state index in [0.717, 1.165) is 33.8 Å². The summed E-state index contributed by atoms with van der Waals surface area (Å²) < 4.78 is 3.87. The van der Waals surface area contributed by atoms with Crippen LogP contribution in [-0.2, 0) is 7.05 Å². The lowest BCUT2D eigenvalue weighted by atomic mass is 10.1. The molecule has 0 atom stereocenters. The number of urea groups is 1. The number of pyridine rings is 1. The Kier molecular flexibility index (Phi) is 4.33. The van der Waals surface area contributed by atoms with Crippen molar-refractivity contribution < 1.29 is 4.79 Å². The van der Waals surface area contributed by atoms with Crippen molar-refractivity contribution in [1.82, 2.24) is 24.5 Å². The minimum Gasteiger partial charge on any atom is -0.338 e. The normalized spacial score (nSPS) is 10.9. The Morgan fingerprint density at radius 3 is 2.74 bits per heavy atom. The molecule has 1 aromatic carbocycles. The molecule has 0 aliphatic carbocycles. The number of amides is 2. The van der Waals surface area contributed by atoms with Gasteiger partial charge in [-0.15, -0.1) is 0 Å². The maximum absolute atomic E-state index is 11.8. The number of fused-ring (bicyclic) bond motifs is 1. The molecule has 0 aliphatic rings. The van der Waals surface area contributed by atoms with Crippen molar-refractivity contribution in [1.29, 1.82) is 0 Å². The highest BCUT2D eigenvalue weighted by atomic mass is 16.2. The van der Waals surface area contributed by atoms with Gasteiger partial charge in [-0.25, -0.2) is 9.78 Å². The van der Waals surface area contributed by atoms with Gasteiger partial charge in [-0.3, -0.25) is 9.08 Å². The van der Waals surface area contributed by atoms with Crippen LogP contribution in [-0.4, -0.2) is 31.7 Å². The number of hydrogen-bond donors (Lipinski definition) is 2. The van der Waals surface area contributed by atoms with Crippen LogP contribution in [0.3, 0.4) is 0 Å². The number of rotatable bonds is 4. The van der Waals surface area contributed by atoms with Gasteiger partial charge in [-0.05, 0) is 37.3 Å². The Morgan fingerprint density at radius 2 is 1.96 bits per heavy atom. The van der Waals surface area contributed by atoms with Crippen molar-refractivity contribution in [3.63, 3.8) is 0 Å². The molecule has 0 saturated carbocycles. The largest absolute Gasteiger partial charge is 0.338 e. The predicted molar refractivity (Wildman–Crippen MR) is 106 cm³/mol. The van der Waals surface area contributed by atoms with Crippen molar-refractivity contribution in [3.8, 4) is 22.5 Å². The molecule has 27 heavy (non-hydrogen) atoms. The third kappa shape index (κ3) is 3.27. The van der Waals surface area contributed by atoms with Gasteiger partial charge in [0.15, 0.2) is 0 Å². The fourth-order valence-electron chi connectivity index (χ4n) is 3.10. The number of benzene rings is 1. The van der Waals surface area contributed by atoms with E-state index in [-0.39, 0.29) is 6.03 Å². The summed E-state index contributed by atoms with van der Waals surface area (Å²) in [5.41, 5.74) is 5.62. The van der Waals surface area contributed by atoms with Crippen LogP contribution in [0.15, 0.2) is 61.1 Å². The lowest BCUT2D eigenvalue weighted by Gasteiger charge is -2.08.